The van der Waals surface area contributed by atoms with Gasteiger partial charge in [-0.15, -0.1) is 0 Å². The molecular formula is C6H13FN2. The van der Waals surface area contributed by atoms with E-state index in [4.69, 9.17) is 0 Å². The van der Waals surface area contributed by atoms with E-state index in [1.54, 1.807) is 0 Å². The zero-order valence-electron chi connectivity index (χ0n) is 5.65. The summed E-state index contributed by atoms with van der Waals surface area (Å²) in [5.74, 6) is 0. The van der Waals surface area contributed by atoms with E-state index in [1.165, 1.54) is 0 Å². The Balaban J connectivity index is 2.30. The molecule has 1 aliphatic rings. The molecule has 2 N–H and O–H groups in total. The van der Waals surface area contributed by atoms with Crippen molar-refractivity contribution in [3.63, 3.8) is 0 Å². The monoisotopic (exact) mass is 132 g/mol. The van der Waals surface area contributed by atoms with Crippen molar-refractivity contribution in [3.05, 3.63) is 0 Å². The molecule has 0 amide bonds. The van der Waals surface area contributed by atoms with Crippen molar-refractivity contribution in [1.82, 2.24) is 10.6 Å². The average molecular weight is 132 g/mol. The third-order valence-electron chi connectivity index (χ3n) is 1.78. The summed E-state index contributed by atoms with van der Waals surface area (Å²) in [5.41, 5.74) is 0. The maximum atomic E-state index is 12.7. The van der Waals surface area contributed by atoms with Gasteiger partial charge >= 0.3 is 0 Å². The highest BCUT2D eigenvalue weighted by molar-refractivity contribution is 4.81. The lowest BCUT2D eigenvalue weighted by Gasteiger charge is -2.25. The molecule has 3 heteroatoms. The van der Waals surface area contributed by atoms with E-state index in [1.807, 2.05) is 7.05 Å². The summed E-state index contributed by atoms with van der Waals surface area (Å²) in [7, 11) is 1.81. The fourth-order valence-corrected chi connectivity index (χ4v) is 1.15. The standard InChI is InChI=1S/C6H13FN2/c1-8-6-2-3-9-4-5(6)7/h5-6,8-9H,2-4H2,1H3/t5-,6-/m1/s1. The summed E-state index contributed by atoms with van der Waals surface area (Å²) in [6.45, 7) is 1.44. The van der Waals surface area contributed by atoms with Gasteiger partial charge in [0.1, 0.15) is 6.17 Å². The SMILES string of the molecule is CN[C@@H]1CCNC[C@H]1F. The summed E-state index contributed by atoms with van der Waals surface area (Å²) >= 11 is 0. The third kappa shape index (κ3) is 1.63. The fourth-order valence-electron chi connectivity index (χ4n) is 1.15. The first-order valence-electron chi connectivity index (χ1n) is 3.36. The Morgan fingerprint density at radius 3 is 2.89 bits per heavy atom. The van der Waals surface area contributed by atoms with E-state index in [0.29, 0.717) is 6.54 Å². The summed E-state index contributed by atoms with van der Waals surface area (Å²) in [4.78, 5) is 0. The number of piperidine rings is 1. The molecule has 0 unspecified atom stereocenters. The Hall–Kier alpha value is -0.150. The summed E-state index contributed by atoms with van der Waals surface area (Å²) in [6.07, 6.45) is 0.196. The Labute approximate surface area is 54.8 Å². The molecule has 0 aromatic carbocycles. The summed E-state index contributed by atoms with van der Waals surface area (Å²) in [5, 5.41) is 5.92. The van der Waals surface area contributed by atoms with Gasteiger partial charge in [-0.1, -0.05) is 0 Å². The third-order valence-corrected chi connectivity index (χ3v) is 1.78. The van der Waals surface area contributed by atoms with Crippen molar-refractivity contribution in [1.29, 1.82) is 0 Å². The van der Waals surface area contributed by atoms with E-state index in [0.717, 1.165) is 13.0 Å². The molecule has 0 bridgehead atoms. The highest BCUT2D eigenvalue weighted by atomic mass is 19.1. The largest absolute Gasteiger partial charge is 0.314 e. The lowest BCUT2D eigenvalue weighted by Crippen LogP contribution is -2.47. The van der Waals surface area contributed by atoms with Crippen LogP contribution in [0.5, 0.6) is 0 Å². The molecule has 2 nitrogen and oxygen atoms in total. The van der Waals surface area contributed by atoms with Crippen molar-refractivity contribution in [3.8, 4) is 0 Å². The minimum absolute atomic E-state index is 0.0752. The number of nitrogens with one attached hydrogen (secondary N) is 2. The average Bonchev–Trinajstić information content (AvgIpc) is 1.89. The van der Waals surface area contributed by atoms with Crippen molar-refractivity contribution < 1.29 is 4.39 Å². The minimum Gasteiger partial charge on any atom is -0.314 e. The van der Waals surface area contributed by atoms with Crippen molar-refractivity contribution in [2.24, 2.45) is 0 Å². The van der Waals surface area contributed by atoms with Crippen LogP contribution in [-0.4, -0.2) is 32.4 Å². The molecular weight excluding hydrogens is 119 g/mol. The maximum absolute atomic E-state index is 12.7. The van der Waals surface area contributed by atoms with Gasteiger partial charge in [-0.05, 0) is 20.0 Å². The molecule has 54 valence electrons. The van der Waals surface area contributed by atoms with E-state index in [2.05, 4.69) is 10.6 Å². The highest BCUT2D eigenvalue weighted by Crippen LogP contribution is 2.05. The molecule has 9 heavy (non-hydrogen) atoms. The Bertz CT molecular complexity index is 87.1. The van der Waals surface area contributed by atoms with Crippen LogP contribution in [0.4, 0.5) is 4.39 Å². The van der Waals surface area contributed by atoms with Gasteiger partial charge in [0.25, 0.3) is 0 Å². The van der Waals surface area contributed by atoms with E-state index in [-0.39, 0.29) is 6.04 Å². The van der Waals surface area contributed by atoms with Crippen molar-refractivity contribution in [2.45, 2.75) is 18.6 Å². The molecule has 0 aromatic rings. The van der Waals surface area contributed by atoms with Crippen LogP contribution in [0.2, 0.25) is 0 Å². The minimum atomic E-state index is -0.705. The normalized spacial score (nSPS) is 36.7. The molecule has 0 aromatic heterocycles. The molecule has 0 spiro atoms. The Morgan fingerprint density at radius 2 is 2.44 bits per heavy atom. The Morgan fingerprint density at radius 1 is 1.67 bits per heavy atom. The number of hydrogen-bond donors (Lipinski definition) is 2. The summed E-state index contributed by atoms with van der Waals surface area (Å²) in [6, 6.07) is 0.0752. The number of rotatable bonds is 1. The van der Waals surface area contributed by atoms with Gasteiger partial charge < -0.3 is 10.6 Å². The molecule has 1 rings (SSSR count). The van der Waals surface area contributed by atoms with Crippen LogP contribution in [0.25, 0.3) is 0 Å². The van der Waals surface area contributed by atoms with Crippen LogP contribution in [0.3, 0.4) is 0 Å². The van der Waals surface area contributed by atoms with Crippen LogP contribution >= 0.6 is 0 Å². The van der Waals surface area contributed by atoms with E-state index >= 15 is 0 Å². The summed E-state index contributed by atoms with van der Waals surface area (Å²) < 4.78 is 12.7. The maximum Gasteiger partial charge on any atom is 0.128 e. The van der Waals surface area contributed by atoms with Gasteiger partial charge in [-0.3, -0.25) is 0 Å². The topological polar surface area (TPSA) is 24.1 Å². The zero-order valence-corrected chi connectivity index (χ0v) is 5.65. The number of halogens is 1. The molecule has 1 saturated heterocycles. The first-order valence-corrected chi connectivity index (χ1v) is 3.36. The zero-order chi connectivity index (χ0) is 6.69. The quantitative estimate of drug-likeness (QED) is 0.521. The lowest BCUT2D eigenvalue weighted by atomic mass is 10.1. The van der Waals surface area contributed by atoms with Crippen LogP contribution in [0.15, 0.2) is 0 Å². The van der Waals surface area contributed by atoms with Crippen LogP contribution in [0, 0.1) is 0 Å². The van der Waals surface area contributed by atoms with Crippen LogP contribution < -0.4 is 10.6 Å². The van der Waals surface area contributed by atoms with Crippen molar-refractivity contribution in [2.75, 3.05) is 20.1 Å². The second kappa shape index (κ2) is 3.13. The first kappa shape index (κ1) is 6.96. The fraction of sp³-hybridized carbons (Fsp3) is 1.00. The first-order chi connectivity index (χ1) is 4.34. The molecule has 0 radical (unpaired) electrons. The lowest BCUT2D eigenvalue weighted by molar-refractivity contribution is 0.210. The van der Waals surface area contributed by atoms with Gasteiger partial charge in [0, 0.05) is 12.6 Å². The molecule has 1 aliphatic heterocycles. The second-order valence-corrected chi connectivity index (χ2v) is 2.40. The predicted molar refractivity (Wildman–Crippen MR) is 35.2 cm³/mol. The smallest absolute Gasteiger partial charge is 0.128 e. The second-order valence-electron chi connectivity index (χ2n) is 2.40. The van der Waals surface area contributed by atoms with Gasteiger partial charge in [0.05, 0.1) is 0 Å². The molecule has 0 saturated carbocycles. The molecule has 1 fully saturated rings. The van der Waals surface area contributed by atoms with E-state index in [9.17, 15) is 4.39 Å². The van der Waals surface area contributed by atoms with Crippen LogP contribution in [0.1, 0.15) is 6.42 Å². The van der Waals surface area contributed by atoms with Gasteiger partial charge in [-0.2, -0.15) is 0 Å². The molecule has 0 aliphatic carbocycles. The van der Waals surface area contributed by atoms with Gasteiger partial charge in [-0.25, -0.2) is 4.39 Å². The van der Waals surface area contributed by atoms with Gasteiger partial charge in [0.2, 0.25) is 0 Å². The van der Waals surface area contributed by atoms with Crippen molar-refractivity contribution >= 4 is 0 Å². The predicted octanol–water partition coefficient (Wildman–Crippen LogP) is -0.0942. The van der Waals surface area contributed by atoms with Crippen LogP contribution in [-0.2, 0) is 0 Å². The van der Waals surface area contributed by atoms with Gasteiger partial charge in [0.15, 0.2) is 0 Å². The molecule has 2 atom stereocenters. The number of alkyl halides is 1. The molecule has 1 heterocycles. The Kier molecular flexibility index (Phi) is 2.42. The number of hydrogen-bond acceptors (Lipinski definition) is 2. The van der Waals surface area contributed by atoms with E-state index < -0.39 is 6.17 Å². The highest BCUT2D eigenvalue weighted by Gasteiger charge is 2.21.